The van der Waals surface area contributed by atoms with E-state index in [1.807, 2.05) is 17.2 Å². The third-order valence-corrected chi connectivity index (χ3v) is 5.80. The molecule has 0 saturated heterocycles. The molecule has 138 valence electrons. The molecule has 1 fully saturated rings. The lowest BCUT2D eigenvalue weighted by Gasteiger charge is -2.35. The number of aromatic amines is 1. The van der Waals surface area contributed by atoms with Crippen LogP contribution in [0.2, 0.25) is 0 Å². The van der Waals surface area contributed by atoms with Crippen molar-refractivity contribution in [2.24, 2.45) is 16.0 Å². The zero-order chi connectivity index (χ0) is 18.5. The van der Waals surface area contributed by atoms with E-state index < -0.39 is 17.2 Å². The van der Waals surface area contributed by atoms with Crippen LogP contribution in [0.1, 0.15) is 24.8 Å². The van der Waals surface area contributed by atoms with E-state index in [1.54, 1.807) is 6.21 Å². The van der Waals surface area contributed by atoms with Crippen LogP contribution in [-0.4, -0.2) is 34.1 Å². The SMILES string of the molecule is O=c1cc(CC2C(C3CCC3)N=C3C=CC=NN32)c2ccc(F)c(F)c2[nH]1. The first-order valence-electron chi connectivity index (χ1n) is 9.19. The Morgan fingerprint density at radius 1 is 1.26 bits per heavy atom. The van der Waals surface area contributed by atoms with Gasteiger partial charge in [0, 0.05) is 17.7 Å². The highest BCUT2D eigenvalue weighted by molar-refractivity contribution is 6.00. The van der Waals surface area contributed by atoms with Crippen LogP contribution in [-0.2, 0) is 6.42 Å². The summed E-state index contributed by atoms with van der Waals surface area (Å²) >= 11 is 0. The average Bonchev–Trinajstić information content (AvgIpc) is 2.95. The van der Waals surface area contributed by atoms with Gasteiger partial charge in [0.15, 0.2) is 11.6 Å². The van der Waals surface area contributed by atoms with Crippen LogP contribution in [0.4, 0.5) is 8.78 Å². The molecule has 1 saturated carbocycles. The van der Waals surface area contributed by atoms with Gasteiger partial charge in [-0.2, -0.15) is 5.10 Å². The molecule has 1 aromatic heterocycles. The zero-order valence-corrected chi connectivity index (χ0v) is 14.5. The lowest BCUT2D eigenvalue weighted by atomic mass is 9.76. The number of hydrazone groups is 1. The predicted molar refractivity (Wildman–Crippen MR) is 100 cm³/mol. The topological polar surface area (TPSA) is 60.8 Å². The molecule has 0 radical (unpaired) electrons. The van der Waals surface area contributed by atoms with Crippen LogP contribution >= 0.6 is 0 Å². The Balaban J connectivity index is 1.58. The van der Waals surface area contributed by atoms with E-state index in [2.05, 4.69) is 10.1 Å². The molecule has 2 aromatic rings. The highest BCUT2D eigenvalue weighted by Crippen LogP contribution is 2.39. The Morgan fingerprint density at radius 2 is 2.11 bits per heavy atom. The second-order valence-corrected chi connectivity index (χ2v) is 7.35. The minimum absolute atomic E-state index is 0.0374. The minimum Gasteiger partial charge on any atom is -0.319 e. The molecule has 5 rings (SSSR count). The number of aromatic nitrogens is 1. The van der Waals surface area contributed by atoms with E-state index in [4.69, 9.17) is 4.99 Å². The van der Waals surface area contributed by atoms with Gasteiger partial charge in [-0.3, -0.25) is 9.79 Å². The average molecular weight is 368 g/mol. The minimum atomic E-state index is -1.02. The number of benzene rings is 1. The highest BCUT2D eigenvalue weighted by Gasteiger charge is 2.42. The third kappa shape index (κ3) is 2.60. The van der Waals surface area contributed by atoms with Crippen molar-refractivity contribution in [2.75, 3.05) is 0 Å². The molecular formula is C20H18F2N4O. The molecular weight excluding hydrogens is 350 g/mol. The smallest absolute Gasteiger partial charge is 0.248 e. The van der Waals surface area contributed by atoms with Crippen molar-refractivity contribution in [3.05, 3.63) is 57.9 Å². The van der Waals surface area contributed by atoms with Crippen LogP contribution in [0, 0.1) is 17.6 Å². The van der Waals surface area contributed by atoms with Crippen molar-refractivity contribution >= 4 is 23.0 Å². The van der Waals surface area contributed by atoms with Gasteiger partial charge in [-0.25, -0.2) is 13.8 Å². The first-order valence-corrected chi connectivity index (χ1v) is 9.19. The van der Waals surface area contributed by atoms with E-state index >= 15 is 0 Å². The number of hydrogen-bond donors (Lipinski definition) is 1. The Morgan fingerprint density at radius 3 is 2.89 bits per heavy atom. The summed E-state index contributed by atoms with van der Waals surface area (Å²) in [5, 5.41) is 6.88. The summed E-state index contributed by atoms with van der Waals surface area (Å²) in [5.74, 6) is -0.672. The first-order chi connectivity index (χ1) is 13.1. The van der Waals surface area contributed by atoms with Crippen molar-refractivity contribution < 1.29 is 8.78 Å². The standard InChI is InChI=1S/C20H18F2N4O/c21-14-7-6-13-12(10-17(27)25-20(13)18(14)22)9-15-19(11-3-1-4-11)24-16-5-2-8-23-26(15)16/h2,5-8,10-11,15,19H,1,3-4,9H2,(H,25,27). The lowest BCUT2D eigenvalue weighted by Crippen LogP contribution is -2.43. The number of halogens is 2. The number of fused-ring (bicyclic) bond motifs is 2. The molecule has 2 atom stereocenters. The molecule has 5 nitrogen and oxygen atoms in total. The van der Waals surface area contributed by atoms with Gasteiger partial charge in [-0.1, -0.05) is 6.42 Å². The van der Waals surface area contributed by atoms with Gasteiger partial charge in [0.05, 0.1) is 17.6 Å². The summed E-state index contributed by atoms with van der Waals surface area (Å²) in [4.78, 5) is 19.4. The van der Waals surface area contributed by atoms with Crippen molar-refractivity contribution in [1.82, 2.24) is 9.99 Å². The molecule has 1 aromatic carbocycles. The molecule has 3 heterocycles. The molecule has 27 heavy (non-hydrogen) atoms. The van der Waals surface area contributed by atoms with Gasteiger partial charge in [0.2, 0.25) is 5.56 Å². The Hall–Kier alpha value is -2.83. The predicted octanol–water partition coefficient (Wildman–Crippen LogP) is 3.16. The summed E-state index contributed by atoms with van der Waals surface area (Å²) in [6.45, 7) is 0. The maximum absolute atomic E-state index is 14.2. The molecule has 3 aliphatic rings. The monoisotopic (exact) mass is 368 g/mol. The molecule has 1 aliphatic carbocycles. The summed E-state index contributed by atoms with van der Waals surface area (Å²) in [5.41, 5.74) is 0.158. The number of rotatable bonds is 3. The third-order valence-electron chi connectivity index (χ3n) is 5.80. The van der Waals surface area contributed by atoms with Gasteiger partial charge in [0.1, 0.15) is 5.84 Å². The number of amidine groups is 1. The van der Waals surface area contributed by atoms with Crippen LogP contribution in [0.15, 0.2) is 45.2 Å². The second-order valence-electron chi connectivity index (χ2n) is 7.35. The molecule has 7 heteroatoms. The van der Waals surface area contributed by atoms with Crippen molar-refractivity contribution in [3.8, 4) is 0 Å². The number of pyridine rings is 1. The second kappa shape index (κ2) is 6.11. The molecule has 0 spiro atoms. The van der Waals surface area contributed by atoms with Gasteiger partial charge in [0.25, 0.3) is 0 Å². The fourth-order valence-electron chi connectivity index (χ4n) is 4.25. The van der Waals surface area contributed by atoms with Gasteiger partial charge in [-0.15, -0.1) is 0 Å². The maximum Gasteiger partial charge on any atom is 0.248 e. The largest absolute Gasteiger partial charge is 0.319 e. The Kier molecular flexibility index (Phi) is 3.70. The summed E-state index contributed by atoms with van der Waals surface area (Å²) in [6, 6.07) is 4.14. The quantitative estimate of drug-likeness (QED) is 0.905. The molecule has 2 unspecified atom stereocenters. The van der Waals surface area contributed by atoms with Gasteiger partial charge >= 0.3 is 0 Å². The summed E-state index contributed by atoms with van der Waals surface area (Å²) < 4.78 is 27.8. The van der Waals surface area contributed by atoms with E-state index in [9.17, 15) is 13.6 Å². The van der Waals surface area contributed by atoms with Crippen LogP contribution in [0.25, 0.3) is 10.9 Å². The highest BCUT2D eigenvalue weighted by atomic mass is 19.2. The number of H-pyrrole nitrogens is 1. The fourth-order valence-corrected chi connectivity index (χ4v) is 4.25. The van der Waals surface area contributed by atoms with Gasteiger partial charge < -0.3 is 4.98 Å². The maximum atomic E-state index is 14.2. The van der Waals surface area contributed by atoms with E-state index in [0.717, 1.165) is 24.7 Å². The Bertz CT molecular complexity index is 1070. The fraction of sp³-hybridized carbons (Fsp3) is 0.350. The molecule has 0 amide bonds. The lowest BCUT2D eigenvalue weighted by molar-refractivity contribution is 0.196. The zero-order valence-electron chi connectivity index (χ0n) is 14.5. The van der Waals surface area contributed by atoms with Crippen molar-refractivity contribution in [1.29, 1.82) is 0 Å². The number of aliphatic imine (C=N–C) groups is 1. The van der Waals surface area contributed by atoms with E-state index in [0.29, 0.717) is 23.3 Å². The van der Waals surface area contributed by atoms with Crippen molar-refractivity contribution in [3.63, 3.8) is 0 Å². The van der Waals surface area contributed by atoms with Crippen LogP contribution in [0.3, 0.4) is 0 Å². The molecule has 0 bridgehead atoms. The Labute approximate surface area is 154 Å². The van der Waals surface area contributed by atoms with Crippen molar-refractivity contribution in [2.45, 2.75) is 37.8 Å². The normalized spacial score (nSPS) is 24.2. The molecule has 2 aliphatic heterocycles. The van der Waals surface area contributed by atoms with Gasteiger partial charge in [-0.05, 0) is 55.0 Å². The number of nitrogens with one attached hydrogen (secondary N) is 1. The van der Waals surface area contributed by atoms with E-state index in [1.165, 1.54) is 18.6 Å². The summed E-state index contributed by atoms with van der Waals surface area (Å²) in [7, 11) is 0. The number of allylic oxidation sites excluding steroid dienone is 1. The number of hydrogen-bond acceptors (Lipinski definition) is 4. The van der Waals surface area contributed by atoms with E-state index in [-0.39, 0.29) is 17.6 Å². The van der Waals surface area contributed by atoms with Crippen LogP contribution < -0.4 is 5.56 Å². The van der Waals surface area contributed by atoms with Crippen LogP contribution in [0.5, 0.6) is 0 Å². The first kappa shape index (κ1) is 16.4. The summed E-state index contributed by atoms with van der Waals surface area (Å²) in [6.07, 6.45) is 9.48. The molecule has 1 N–H and O–H groups in total. The number of nitrogens with zero attached hydrogens (tertiary/aromatic N) is 3.